The maximum atomic E-state index is 12.1. The molecule has 3 aromatic rings. The van der Waals surface area contributed by atoms with Gasteiger partial charge in [0.2, 0.25) is 5.91 Å². The van der Waals surface area contributed by atoms with Gasteiger partial charge in [-0.25, -0.2) is 0 Å². The van der Waals surface area contributed by atoms with Crippen molar-refractivity contribution in [2.24, 2.45) is 0 Å². The van der Waals surface area contributed by atoms with Crippen molar-refractivity contribution < 1.29 is 4.79 Å². The third-order valence-corrected chi connectivity index (χ3v) is 3.84. The Labute approximate surface area is 145 Å². The number of hydrogen-bond donors (Lipinski definition) is 2. The SMILES string of the molecule is Cc1cc(C)n(Cc2cccc(NC(=O)CCCc3nn[nH]n3)c2)n1. The van der Waals surface area contributed by atoms with Crippen LogP contribution in [0.1, 0.15) is 35.6 Å². The molecule has 25 heavy (non-hydrogen) atoms. The number of anilines is 1. The Morgan fingerprint density at radius 2 is 2.16 bits per heavy atom. The molecule has 0 aliphatic rings. The Hall–Kier alpha value is -3.03. The van der Waals surface area contributed by atoms with Gasteiger partial charge in [0.1, 0.15) is 0 Å². The first-order valence-corrected chi connectivity index (χ1v) is 8.22. The number of carbonyl (C=O) groups excluding carboxylic acids is 1. The van der Waals surface area contributed by atoms with Crippen LogP contribution in [0, 0.1) is 13.8 Å². The van der Waals surface area contributed by atoms with Gasteiger partial charge in [-0.05, 0) is 44.0 Å². The fourth-order valence-corrected chi connectivity index (χ4v) is 2.67. The van der Waals surface area contributed by atoms with Crippen LogP contribution in [0.5, 0.6) is 0 Å². The first-order valence-electron chi connectivity index (χ1n) is 8.22. The monoisotopic (exact) mass is 339 g/mol. The molecule has 0 saturated heterocycles. The molecule has 2 N–H and O–H groups in total. The Bertz CT molecular complexity index is 839. The van der Waals surface area contributed by atoms with Crippen LogP contribution in [0.4, 0.5) is 5.69 Å². The van der Waals surface area contributed by atoms with Crippen molar-refractivity contribution in [3.63, 3.8) is 0 Å². The second kappa shape index (κ2) is 7.69. The second-order valence-corrected chi connectivity index (χ2v) is 6.01. The quantitative estimate of drug-likeness (QED) is 0.686. The van der Waals surface area contributed by atoms with Gasteiger partial charge in [0, 0.05) is 24.2 Å². The molecule has 3 rings (SSSR count). The van der Waals surface area contributed by atoms with Crippen LogP contribution in [0.3, 0.4) is 0 Å². The number of H-pyrrole nitrogens is 1. The minimum atomic E-state index is -0.0215. The summed E-state index contributed by atoms with van der Waals surface area (Å²) in [6, 6.07) is 9.89. The summed E-state index contributed by atoms with van der Waals surface area (Å²) in [7, 11) is 0. The van der Waals surface area contributed by atoms with E-state index in [1.807, 2.05) is 42.8 Å². The number of nitrogens with zero attached hydrogens (tertiary/aromatic N) is 5. The highest BCUT2D eigenvalue weighted by atomic mass is 16.1. The summed E-state index contributed by atoms with van der Waals surface area (Å²) < 4.78 is 1.96. The number of tetrazole rings is 1. The Kier molecular flexibility index (Phi) is 5.17. The lowest BCUT2D eigenvalue weighted by Gasteiger charge is -2.08. The lowest BCUT2D eigenvalue weighted by molar-refractivity contribution is -0.116. The molecule has 0 saturated carbocycles. The molecule has 0 radical (unpaired) electrons. The average molecular weight is 339 g/mol. The minimum Gasteiger partial charge on any atom is -0.326 e. The molecule has 0 unspecified atom stereocenters. The summed E-state index contributed by atoms with van der Waals surface area (Å²) in [6.45, 7) is 4.70. The van der Waals surface area contributed by atoms with Gasteiger partial charge in [0.05, 0.1) is 12.2 Å². The predicted molar refractivity (Wildman–Crippen MR) is 93.0 cm³/mol. The van der Waals surface area contributed by atoms with Crippen LogP contribution in [0.25, 0.3) is 0 Å². The fourth-order valence-electron chi connectivity index (χ4n) is 2.67. The lowest BCUT2D eigenvalue weighted by Crippen LogP contribution is -2.12. The highest BCUT2D eigenvalue weighted by Gasteiger charge is 2.06. The van der Waals surface area contributed by atoms with E-state index in [2.05, 4.69) is 37.1 Å². The normalized spacial score (nSPS) is 10.8. The molecular formula is C17H21N7O. The maximum Gasteiger partial charge on any atom is 0.224 e. The maximum absolute atomic E-state index is 12.1. The third kappa shape index (κ3) is 4.72. The van der Waals surface area contributed by atoms with E-state index in [9.17, 15) is 4.79 Å². The van der Waals surface area contributed by atoms with Crippen molar-refractivity contribution in [1.82, 2.24) is 30.4 Å². The second-order valence-electron chi connectivity index (χ2n) is 6.01. The van der Waals surface area contributed by atoms with Gasteiger partial charge in [0.25, 0.3) is 0 Å². The smallest absolute Gasteiger partial charge is 0.224 e. The third-order valence-electron chi connectivity index (χ3n) is 3.84. The van der Waals surface area contributed by atoms with E-state index < -0.39 is 0 Å². The van der Waals surface area contributed by atoms with Crippen molar-refractivity contribution in [1.29, 1.82) is 0 Å². The summed E-state index contributed by atoms with van der Waals surface area (Å²) in [5, 5.41) is 21.0. The van der Waals surface area contributed by atoms with E-state index in [1.165, 1.54) is 0 Å². The zero-order chi connectivity index (χ0) is 17.6. The van der Waals surface area contributed by atoms with E-state index in [1.54, 1.807) is 0 Å². The number of hydrogen-bond acceptors (Lipinski definition) is 5. The van der Waals surface area contributed by atoms with Crippen molar-refractivity contribution in [2.75, 3.05) is 5.32 Å². The van der Waals surface area contributed by atoms with Gasteiger partial charge in [-0.2, -0.15) is 10.3 Å². The van der Waals surface area contributed by atoms with Crippen molar-refractivity contribution in [3.05, 3.63) is 53.1 Å². The summed E-state index contributed by atoms with van der Waals surface area (Å²) >= 11 is 0. The lowest BCUT2D eigenvalue weighted by atomic mass is 10.2. The molecule has 0 bridgehead atoms. The summed E-state index contributed by atoms with van der Waals surface area (Å²) in [6.07, 6.45) is 1.72. The number of aromatic nitrogens is 6. The van der Waals surface area contributed by atoms with Gasteiger partial charge in [-0.15, -0.1) is 10.2 Å². The van der Waals surface area contributed by atoms with Gasteiger partial charge in [-0.1, -0.05) is 17.3 Å². The van der Waals surface area contributed by atoms with Gasteiger partial charge < -0.3 is 5.32 Å². The van der Waals surface area contributed by atoms with Crippen LogP contribution in [0.2, 0.25) is 0 Å². The van der Waals surface area contributed by atoms with Gasteiger partial charge in [-0.3, -0.25) is 9.48 Å². The minimum absolute atomic E-state index is 0.0215. The number of rotatable bonds is 7. The molecule has 2 aromatic heterocycles. The van der Waals surface area contributed by atoms with Crippen LogP contribution in [0.15, 0.2) is 30.3 Å². The van der Waals surface area contributed by atoms with Crippen LogP contribution in [-0.4, -0.2) is 36.3 Å². The van der Waals surface area contributed by atoms with Gasteiger partial charge >= 0.3 is 0 Å². The summed E-state index contributed by atoms with van der Waals surface area (Å²) in [5.74, 6) is 0.603. The largest absolute Gasteiger partial charge is 0.326 e. The summed E-state index contributed by atoms with van der Waals surface area (Å²) in [4.78, 5) is 12.1. The van der Waals surface area contributed by atoms with Crippen molar-refractivity contribution in [2.45, 2.75) is 39.7 Å². The molecular weight excluding hydrogens is 318 g/mol. The highest BCUT2D eigenvalue weighted by Crippen LogP contribution is 2.14. The predicted octanol–water partition coefficient (Wildman–Crippen LogP) is 2.02. The molecule has 130 valence electrons. The first-order chi connectivity index (χ1) is 12.1. The topological polar surface area (TPSA) is 101 Å². The zero-order valence-corrected chi connectivity index (χ0v) is 14.4. The Balaban J connectivity index is 1.54. The van der Waals surface area contributed by atoms with Gasteiger partial charge in [0.15, 0.2) is 5.82 Å². The zero-order valence-electron chi connectivity index (χ0n) is 14.4. The molecule has 1 aromatic carbocycles. The van der Waals surface area contributed by atoms with E-state index in [0.29, 0.717) is 31.6 Å². The number of aryl methyl sites for hydroxylation is 3. The number of nitrogens with one attached hydrogen (secondary N) is 2. The Morgan fingerprint density at radius 1 is 1.28 bits per heavy atom. The molecule has 0 spiro atoms. The van der Waals surface area contributed by atoms with E-state index in [0.717, 1.165) is 22.6 Å². The molecule has 0 fully saturated rings. The van der Waals surface area contributed by atoms with E-state index in [-0.39, 0.29) is 5.91 Å². The van der Waals surface area contributed by atoms with Crippen LogP contribution in [-0.2, 0) is 17.8 Å². The molecule has 2 heterocycles. The number of amides is 1. The Morgan fingerprint density at radius 3 is 2.88 bits per heavy atom. The van der Waals surface area contributed by atoms with E-state index >= 15 is 0 Å². The molecule has 8 nitrogen and oxygen atoms in total. The highest BCUT2D eigenvalue weighted by molar-refractivity contribution is 5.90. The number of benzene rings is 1. The number of aromatic amines is 1. The average Bonchev–Trinajstić information content (AvgIpc) is 3.18. The molecule has 0 atom stereocenters. The van der Waals surface area contributed by atoms with Crippen molar-refractivity contribution in [3.8, 4) is 0 Å². The van der Waals surface area contributed by atoms with Crippen LogP contribution >= 0.6 is 0 Å². The summed E-state index contributed by atoms with van der Waals surface area (Å²) in [5.41, 5.74) is 4.01. The number of carbonyl (C=O) groups is 1. The van der Waals surface area contributed by atoms with E-state index in [4.69, 9.17) is 0 Å². The molecule has 0 aliphatic heterocycles. The van der Waals surface area contributed by atoms with Crippen LogP contribution < -0.4 is 5.32 Å². The van der Waals surface area contributed by atoms with Crippen molar-refractivity contribution >= 4 is 11.6 Å². The standard InChI is InChI=1S/C17H21N7O/c1-12-9-13(2)24(21-12)11-14-5-3-6-15(10-14)18-17(25)8-4-7-16-19-22-23-20-16/h3,5-6,9-10H,4,7-8,11H2,1-2H3,(H,18,25)(H,19,20,22,23). The fraction of sp³-hybridized carbons (Fsp3) is 0.353. The molecule has 0 aliphatic carbocycles. The molecule has 8 heteroatoms. The first kappa shape index (κ1) is 16.8. The molecule has 1 amide bonds.